The number of aliphatic hydroxyl groups is 1. The first-order valence-electron chi connectivity index (χ1n) is 5.58. The van der Waals surface area contributed by atoms with Crippen molar-refractivity contribution in [3.05, 3.63) is 0 Å². The van der Waals surface area contributed by atoms with Crippen LogP contribution in [0.1, 0.15) is 19.3 Å². The summed E-state index contributed by atoms with van der Waals surface area (Å²) in [6.45, 7) is 2.67. The second-order valence-corrected chi connectivity index (χ2v) is 4.28. The Hall–Kier alpha value is -0.850. The Kier molecular flexibility index (Phi) is 5.51. The smallest absolute Gasteiger partial charge is 0.139 e. The van der Waals surface area contributed by atoms with E-state index in [1.807, 2.05) is 0 Å². The summed E-state index contributed by atoms with van der Waals surface area (Å²) in [5.74, 6) is 0.302. The van der Waals surface area contributed by atoms with Gasteiger partial charge in [-0.2, -0.15) is 0 Å². The highest BCUT2D eigenvalue weighted by atomic mass is 16.5. The van der Waals surface area contributed by atoms with Crippen LogP contribution in [0.3, 0.4) is 0 Å². The number of amidine groups is 1. The van der Waals surface area contributed by atoms with E-state index in [-0.39, 0.29) is 12.0 Å². The second-order valence-electron chi connectivity index (χ2n) is 4.28. The van der Waals surface area contributed by atoms with Crippen molar-refractivity contribution < 1.29 is 15.1 Å². The molecule has 0 aromatic carbocycles. The molecule has 0 aromatic rings. The minimum atomic E-state index is 0.0629. The van der Waals surface area contributed by atoms with Gasteiger partial charge in [0, 0.05) is 19.5 Å². The van der Waals surface area contributed by atoms with Gasteiger partial charge in [0.2, 0.25) is 0 Å². The van der Waals surface area contributed by atoms with Crippen molar-refractivity contribution in [3.8, 4) is 0 Å². The Balaban J connectivity index is 2.04. The molecule has 1 aliphatic carbocycles. The molecule has 16 heavy (non-hydrogen) atoms. The molecule has 0 amide bonds. The Bertz CT molecular complexity index is 229. The molecule has 0 saturated heterocycles. The third kappa shape index (κ3) is 4.78. The first-order chi connectivity index (χ1) is 7.72. The van der Waals surface area contributed by atoms with Gasteiger partial charge in [-0.1, -0.05) is 5.16 Å². The number of hydrogen-bond donors (Lipinski definition) is 4. The fraction of sp³-hybridized carbons (Fsp3) is 0.900. The number of aliphatic hydroxyl groups excluding tert-OH is 1. The summed E-state index contributed by atoms with van der Waals surface area (Å²) in [4.78, 5) is 0. The Labute approximate surface area is 95.5 Å². The lowest BCUT2D eigenvalue weighted by atomic mass is 10.0. The maximum Gasteiger partial charge on any atom is 0.139 e. The van der Waals surface area contributed by atoms with Crippen LogP contribution in [0.5, 0.6) is 0 Å². The molecule has 0 aromatic heterocycles. The fourth-order valence-corrected chi connectivity index (χ4v) is 1.68. The molecule has 0 unspecified atom stereocenters. The molecular weight excluding hydrogens is 210 g/mol. The lowest BCUT2D eigenvalue weighted by molar-refractivity contribution is 0.0933. The molecular formula is C10H21N3O3. The van der Waals surface area contributed by atoms with Crippen molar-refractivity contribution in [3.63, 3.8) is 0 Å². The number of nitrogens with one attached hydrogen (secondary N) is 1. The Morgan fingerprint density at radius 2 is 2.19 bits per heavy atom. The van der Waals surface area contributed by atoms with E-state index < -0.39 is 0 Å². The monoisotopic (exact) mass is 231 g/mol. The number of oxime groups is 1. The van der Waals surface area contributed by atoms with Crippen LogP contribution in [0, 0.1) is 5.41 Å². The van der Waals surface area contributed by atoms with Gasteiger partial charge in [-0.25, -0.2) is 0 Å². The van der Waals surface area contributed by atoms with Gasteiger partial charge >= 0.3 is 0 Å². The normalized spacial score (nSPS) is 18.7. The van der Waals surface area contributed by atoms with Gasteiger partial charge in [0.05, 0.1) is 19.8 Å². The molecule has 1 aliphatic rings. The summed E-state index contributed by atoms with van der Waals surface area (Å²) in [5, 5.41) is 23.3. The molecule has 0 heterocycles. The summed E-state index contributed by atoms with van der Waals surface area (Å²) >= 11 is 0. The van der Waals surface area contributed by atoms with Gasteiger partial charge in [0.25, 0.3) is 0 Å². The molecule has 0 aliphatic heterocycles. The molecule has 6 nitrogen and oxygen atoms in total. The standard InChI is InChI=1S/C10H21N3O3/c11-9(13-15)7-10(1-2-10)8-12-3-5-16-6-4-14/h12,14-15H,1-8H2,(H2,11,13). The lowest BCUT2D eigenvalue weighted by Gasteiger charge is -2.14. The third-order valence-electron chi connectivity index (χ3n) is 2.80. The van der Waals surface area contributed by atoms with Crippen LogP contribution < -0.4 is 11.1 Å². The predicted octanol–water partition coefficient (Wildman–Crippen LogP) is -0.498. The number of ether oxygens (including phenoxy) is 1. The SMILES string of the molecule is NC(CC1(CNCCOCCO)CC1)=NO. The van der Waals surface area contributed by atoms with E-state index >= 15 is 0 Å². The van der Waals surface area contributed by atoms with Crippen molar-refractivity contribution in [1.82, 2.24) is 5.32 Å². The molecule has 5 N–H and O–H groups in total. The van der Waals surface area contributed by atoms with Crippen molar-refractivity contribution in [2.75, 3.05) is 32.9 Å². The van der Waals surface area contributed by atoms with E-state index in [0.29, 0.717) is 25.5 Å². The topological polar surface area (TPSA) is 100 Å². The number of rotatable bonds is 9. The average Bonchev–Trinajstić information content (AvgIpc) is 3.03. The first-order valence-corrected chi connectivity index (χ1v) is 5.58. The van der Waals surface area contributed by atoms with Gasteiger partial charge in [0.15, 0.2) is 0 Å². The van der Waals surface area contributed by atoms with Gasteiger partial charge in [-0.05, 0) is 18.3 Å². The molecule has 0 bridgehead atoms. The molecule has 1 fully saturated rings. The number of nitrogens with two attached hydrogens (primary N) is 1. The summed E-state index contributed by atoms with van der Waals surface area (Å²) in [7, 11) is 0. The molecule has 1 rings (SSSR count). The fourth-order valence-electron chi connectivity index (χ4n) is 1.68. The van der Waals surface area contributed by atoms with Crippen LogP contribution >= 0.6 is 0 Å². The number of hydrogen-bond acceptors (Lipinski definition) is 5. The van der Waals surface area contributed by atoms with E-state index in [0.717, 1.165) is 25.9 Å². The minimum Gasteiger partial charge on any atom is -0.409 e. The third-order valence-corrected chi connectivity index (χ3v) is 2.80. The predicted molar refractivity (Wildman–Crippen MR) is 60.5 cm³/mol. The zero-order chi connectivity index (χ0) is 11.9. The van der Waals surface area contributed by atoms with E-state index in [4.69, 9.17) is 20.8 Å². The molecule has 6 heteroatoms. The number of nitrogens with zero attached hydrogens (tertiary/aromatic N) is 1. The molecule has 1 saturated carbocycles. The highest BCUT2D eigenvalue weighted by Gasteiger charge is 2.42. The quantitative estimate of drug-likeness (QED) is 0.141. The maximum absolute atomic E-state index is 8.49. The molecule has 0 radical (unpaired) electrons. The van der Waals surface area contributed by atoms with Crippen LogP contribution in [0.4, 0.5) is 0 Å². The van der Waals surface area contributed by atoms with Crippen LogP contribution in [0.2, 0.25) is 0 Å². The average molecular weight is 231 g/mol. The Morgan fingerprint density at radius 3 is 2.75 bits per heavy atom. The van der Waals surface area contributed by atoms with Crippen LogP contribution in [0.15, 0.2) is 5.16 Å². The zero-order valence-electron chi connectivity index (χ0n) is 9.48. The van der Waals surface area contributed by atoms with E-state index in [1.54, 1.807) is 0 Å². The van der Waals surface area contributed by atoms with Gasteiger partial charge < -0.3 is 26.1 Å². The van der Waals surface area contributed by atoms with Crippen LogP contribution in [0.25, 0.3) is 0 Å². The van der Waals surface area contributed by atoms with Crippen LogP contribution in [-0.2, 0) is 4.74 Å². The van der Waals surface area contributed by atoms with E-state index in [2.05, 4.69) is 10.5 Å². The molecule has 0 spiro atoms. The lowest BCUT2D eigenvalue weighted by Crippen LogP contribution is -2.30. The maximum atomic E-state index is 8.49. The van der Waals surface area contributed by atoms with Crippen molar-refractivity contribution >= 4 is 5.84 Å². The zero-order valence-corrected chi connectivity index (χ0v) is 9.48. The van der Waals surface area contributed by atoms with Crippen molar-refractivity contribution in [2.24, 2.45) is 16.3 Å². The summed E-state index contributed by atoms with van der Waals surface area (Å²) < 4.78 is 5.12. The van der Waals surface area contributed by atoms with Gasteiger partial charge in [0.1, 0.15) is 5.84 Å². The Morgan fingerprint density at radius 1 is 1.44 bits per heavy atom. The molecule has 94 valence electrons. The minimum absolute atomic E-state index is 0.0629. The van der Waals surface area contributed by atoms with Crippen molar-refractivity contribution in [2.45, 2.75) is 19.3 Å². The van der Waals surface area contributed by atoms with Crippen molar-refractivity contribution in [1.29, 1.82) is 0 Å². The van der Waals surface area contributed by atoms with Gasteiger partial charge in [-0.3, -0.25) is 0 Å². The molecule has 0 atom stereocenters. The highest BCUT2D eigenvalue weighted by molar-refractivity contribution is 5.80. The summed E-state index contributed by atoms with van der Waals surface area (Å²) in [5.41, 5.74) is 5.68. The van der Waals surface area contributed by atoms with E-state index in [9.17, 15) is 0 Å². The summed E-state index contributed by atoms with van der Waals surface area (Å²) in [6.07, 6.45) is 2.88. The first kappa shape index (κ1) is 13.2. The van der Waals surface area contributed by atoms with Crippen LogP contribution in [-0.4, -0.2) is 49.1 Å². The highest BCUT2D eigenvalue weighted by Crippen LogP contribution is 2.48. The second kappa shape index (κ2) is 6.67. The van der Waals surface area contributed by atoms with Gasteiger partial charge in [-0.15, -0.1) is 0 Å². The largest absolute Gasteiger partial charge is 0.409 e. The van der Waals surface area contributed by atoms with E-state index in [1.165, 1.54) is 0 Å². The summed E-state index contributed by atoms with van der Waals surface area (Å²) in [6, 6.07) is 0.